The summed E-state index contributed by atoms with van der Waals surface area (Å²) in [6.45, 7) is 10.9. The van der Waals surface area contributed by atoms with Crippen LogP contribution in [0.3, 0.4) is 0 Å². The van der Waals surface area contributed by atoms with Gasteiger partial charge >= 0.3 is 11.9 Å². The summed E-state index contributed by atoms with van der Waals surface area (Å²) in [5.74, 6) is -0.0819. The first kappa shape index (κ1) is 23.5. The van der Waals surface area contributed by atoms with Crippen LogP contribution in [0.5, 0.6) is 0 Å². The van der Waals surface area contributed by atoms with Crippen LogP contribution in [0.25, 0.3) is 0 Å². The molecule has 0 aromatic rings. The monoisotopic (exact) mass is 446 g/mol. The molecule has 32 heavy (non-hydrogen) atoms. The molecular formula is C26H38O6. The highest BCUT2D eigenvalue weighted by Gasteiger charge is 2.84. The minimum absolute atomic E-state index is 0.0300. The fourth-order valence-electron chi connectivity index (χ4n) is 8.10. The normalized spacial score (nSPS) is 41.9. The molecule has 0 heterocycles. The Morgan fingerprint density at radius 1 is 1.22 bits per heavy atom. The van der Waals surface area contributed by atoms with E-state index < -0.39 is 40.4 Å². The minimum Gasteiger partial charge on any atom is -0.427 e. The first-order valence-corrected chi connectivity index (χ1v) is 12.1. The number of rotatable bonds is 6. The Hall–Kier alpha value is -1.69. The van der Waals surface area contributed by atoms with Crippen LogP contribution in [0.15, 0.2) is 11.6 Å². The largest absolute Gasteiger partial charge is 0.427 e. The van der Waals surface area contributed by atoms with Crippen LogP contribution in [0.4, 0.5) is 0 Å². The number of esters is 2. The van der Waals surface area contributed by atoms with Crippen LogP contribution >= 0.6 is 0 Å². The fourth-order valence-corrected chi connectivity index (χ4v) is 8.10. The Morgan fingerprint density at radius 3 is 2.47 bits per heavy atom. The predicted molar refractivity (Wildman–Crippen MR) is 118 cm³/mol. The van der Waals surface area contributed by atoms with Gasteiger partial charge in [0.15, 0.2) is 0 Å². The maximum Gasteiger partial charge on any atom is 0.320 e. The Morgan fingerprint density at radius 2 is 1.91 bits per heavy atom. The first-order chi connectivity index (χ1) is 14.9. The van der Waals surface area contributed by atoms with Crippen molar-refractivity contribution in [3.63, 3.8) is 0 Å². The predicted octanol–water partition coefficient (Wildman–Crippen LogP) is 3.91. The van der Waals surface area contributed by atoms with E-state index in [1.807, 2.05) is 13.8 Å². The third-order valence-electron chi connectivity index (χ3n) is 9.38. The topological polar surface area (TPSA) is 89.9 Å². The average Bonchev–Trinajstić information content (AvgIpc) is 3.30. The SMILES string of the molecule is CC(C)C1=C[C@@H]2C[C@]3(C=O)[C@@H]4CC[C@@H](C)[C@H]4C[C@@]2(CO)[C@]13C(=O)OCOC(=O)C(C)(C)C. The number of carbonyl (C=O) groups is 3. The standard InChI is InChI=1S/C26H38O6/c1-15(2)20-9-17-10-25(13-28)19-8-7-16(3)18(19)11-24(17,12-27)26(20,25)22(30)32-14-31-21(29)23(4,5)6/h9,13,15-19,27H,7-8,10-12,14H2,1-6H3/t16-,17-,18-,19-,24+,25+,26-/m1/s1. The zero-order valence-electron chi connectivity index (χ0n) is 20.3. The molecule has 0 aromatic heterocycles. The van der Waals surface area contributed by atoms with Gasteiger partial charge in [0.25, 0.3) is 0 Å². The second kappa shape index (κ2) is 7.41. The highest BCUT2D eigenvalue weighted by atomic mass is 16.7. The van der Waals surface area contributed by atoms with Gasteiger partial charge in [-0.3, -0.25) is 9.59 Å². The van der Waals surface area contributed by atoms with Crippen molar-refractivity contribution in [2.45, 2.75) is 67.2 Å². The summed E-state index contributed by atoms with van der Waals surface area (Å²) in [6.07, 6.45) is 6.43. The van der Waals surface area contributed by atoms with Crippen LogP contribution in [0, 0.1) is 51.2 Å². The van der Waals surface area contributed by atoms with E-state index in [4.69, 9.17) is 9.47 Å². The summed E-state index contributed by atoms with van der Waals surface area (Å²) in [7, 11) is 0. The summed E-state index contributed by atoms with van der Waals surface area (Å²) in [5, 5.41) is 10.9. The maximum absolute atomic E-state index is 14.1. The van der Waals surface area contributed by atoms with Crippen LogP contribution in [-0.4, -0.2) is 36.7 Å². The van der Waals surface area contributed by atoms with Crippen LogP contribution in [0.1, 0.15) is 67.2 Å². The van der Waals surface area contributed by atoms with Gasteiger partial charge in [0.05, 0.1) is 17.4 Å². The minimum atomic E-state index is -1.20. The van der Waals surface area contributed by atoms with Gasteiger partial charge in [-0.15, -0.1) is 0 Å². The van der Waals surface area contributed by atoms with Crippen molar-refractivity contribution in [3.05, 3.63) is 11.6 Å². The fraction of sp³-hybridized carbons (Fsp3) is 0.808. The smallest absolute Gasteiger partial charge is 0.320 e. The second-order valence-corrected chi connectivity index (χ2v) is 12.1. The molecule has 4 bridgehead atoms. The molecule has 1 N–H and O–H groups in total. The van der Waals surface area contributed by atoms with Gasteiger partial charge in [-0.2, -0.15) is 0 Å². The van der Waals surface area contributed by atoms with E-state index >= 15 is 0 Å². The lowest BCUT2D eigenvalue weighted by atomic mass is 9.43. The van der Waals surface area contributed by atoms with Gasteiger partial charge in [0.1, 0.15) is 11.7 Å². The molecule has 4 aliphatic carbocycles. The van der Waals surface area contributed by atoms with Crippen LogP contribution < -0.4 is 0 Å². The van der Waals surface area contributed by atoms with E-state index in [1.54, 1.807) is 20.8 Å². The molecule has 6 heteroatoms. The third kappa shape index (κ3) is 2.65. The number of hydrogen-bond acceptors (Lipinski definition) is 6. The van der Waals surface area contributed by atoms with Gasteiger partial charge in [-0.1, -0.05) is 38.8 Å². The van der Waals surface area contributed by atoms with Gasteiger partial charge in [-0.25, -0.2) is 0 Å². The molecule has 0 amide bonds. The summed E-state index contributed by atoms with van der Waals surface area (Å²) in [4.78, 5) is 39.3. The lowest BCUT2D eigenvalue weighted by molar-refractivity contribution is -0.201. The van der Waals surface area contributed by atoms with Gasteiger partial charge in [0, 0.05) is 5.41 Å². The number of allylic oxidation sites excluding steroid dienone is 1. The highest BCUT2D eigenvalue weighted by Crippen LogP contribution is 2.82. The Balaban J connectivity index is 1.78. The zero-order chi connectivity index (χ0) is 23.7. The average molecular weight is 447 g/mol. The van der Waals surface area contributed by atoms with Crippen molar-refractivity contribution in [1.29, 1.82) is 0 Å². The number of ether oxygens (including phenoxy) is 2. The van der Waals surface area contributed by atoms with Gasteiger partial charge in [-0.05, 0) is 69.6 Å². The van der Waals surface area contributed by atoms with E-state index in [1.165, 1.54) is 0 Å². The first-order valence-electron chi connectivity index (χ1n) is 12.1. The van der Waals surface area contributed by atoms with Crippen LogP contribution in [0.2, 0.25) is 0 Å². The van der Waals surface area contributed by atoms with Crippen LogP contribution in [-0.2, 0) is 23.9 Å². The van der Waals surface area contributed by atoms with Crippen molar-refractivity contribution in [2.75, 3.05) is 13.4 Å². The highest BCUT2D eigenvalue weighted by molar-refractivity contribution is 5.91. The van der Waals surface area contributed by atoms with Crippen molar-refractivity contribution in [3.8, 4) is 0 Å². The molecule has 6 nitrogen and oxygen atoms in total. The number of aliphatic hydroxyl groups is 1. The molecule has 4 rings (SSSR count). The lowest BCUT2D eigenvalue weighted by Crippen LogP contribution is -2.63. The molecule has 4 aliphatic rings. The molecule has 0 unspecified atom stereocenters. The molecule has 7 atom stereocenters. The number of hydrogen-bond donors (Lipinski definition) is 1. The van der Waals surface area contributed by atoms with Crippen molar-refractivity contribution < 1.29 is 29.0 Å². The van der Waals surface area contributed by atoms with Crippen molar-refractivity contribution in [2.24, 2.45) is 51.2 Å². The number of fused-ring (bicyclic) bond motifs is 2. The lowest BCUT2D eigenvalue weighted by Gasteiger charge is -2.58. The Kier molecular flexibility index (Phi) is 5.43. The summed E-state index contributed by atoms with van der Waals surface area (Å²) >= 11 is 0. The van der Waals surface area contributed by atoms with E-state index in [-0.39, 0.29) is 24.4 Å². The number of aldehydes is 1. The van der Waals surface area contributed by atoms with Crippen molar-refractivity contribution in [1.82, 2.24) is 0 Å². The van der Waals surface area contributed by atoms with E-state index in [0.29, 0.717) is 18.3 Å². The summed E-state index contributed by atoms with van der Waals surface area (Å²) < 4.78 is 10.9. The molecule has 0 aliphatic heterocycles. The molecule has 178 valence electrons. The molecule has 3 fully saturated rings. The number of carbonyl (C=O) groups excluding carboxylic acids is 3. The zero-order valence-corrected chi connectivity index (χ0v) is 20.3. The summed E-state index contributed by atoms with van der Waals surface area (Å²) in [6, 6.07) is 0. The Labute approximate surface area is 191 Å². The van der Waals surface area contributed by atoms with Gasteiger partial charge in [0.2, 0.25) is 6.79 Å². The quantitative estimate of drug-likeness (QED) is 0.288. The van der Waals surface area contributed by atoms with E-state index in [0.717, 1.165) is 31.1 Å². The second-order valence-electron chi connectivity index (χ2n) is 12.1. The van der Waals surface area contributed by atoms with E-state index in [2.05, 4.69) is 13.0 Å². The third-order valence-corrected chi connectivity index (χ3v) is 9.38. The van der Waals surface area contributed by atoms with Crippen molar-refractivity contribution >= 4 is 18.2 Å². The van der Waals surface area contributed by atoms with E-state index in [9.17, 15) is 19.5 Å². The van der Waals surface area contributed by atoms with Gasteiger partial charge < -0.3 is 19.4 Å². The molecular weight excluding hydrogens is 408 g/mol. The Bertz CT molecular complexity index is 853. The molecule has 0 spiro atoms. The molecule has 0 saturated heterocycles. The molecule has 0 aromatic carbocycles. The maximum atomic E-state index is 14.1. The summed E-state index contributed by atoms with van der Waals surface area (Å²) in [5.41, 5.74) is -2.61. The number of aliphatic hydroxyl groups excluding tert-OH is 1. The molecule has 3 saturated carbocycles. The molecule has 0 radical (unpaired) electrons.